The Morgan fingerprint density at radius 1 is 0.789 bits per heavy atom. The van der Waals surface area contributed by atoms with Crippen molar-refractivity contribution in [2.75, 3.05) is 102 Å². The lowest BCUT2D eigenvalue weighted by Gasteiger charge is -2.50. The van der Waals surface area contributed by atoms with Gasteiger partial charge in [-0.25, -0.2) is 9.97 Å². The summed E-state index contributed by atoms with van der Waals surface area (Å²) in [6, 6.07) is 15.9. The third kappa shape index (κ3) is 19.0. The Balaban J connectivity index is 0.774. The number of aryl methyl sites for hydroxylation is 1. The van der Waals surface area contributed by atoms with Crippen molar-refractivity contribution < 1.29 is 33.1 Å². The summed E-state index contributed by atoms with van der Waals surface area (Å²) in [5.41, 5.74) is 3.44. The number of aromatic nitrogens is 2. The van der Waals surface area contributed by atoms with Crippen molar-refractivity contribution in [3.05, 3.63) is 71.5 Å². The first-order valence-electron chi connectivity index (χ1n) is 30.2. The number of pyridine rings is 2. The van der Waals surface area contributed by atoms with Crippen LogP contribution < -0.4 is 24.6 Å². The molecule has 420 valence electrons. The molecule has 4 aliphatic heterocycles. The van der Waals surface area contributed by atoms with E-state index in [0.29, 0.717) is 61.8 Å². The van der Waals surface area contributed by atoms with Crippen LogP contribution in [0.3, 0.4) is 0 Å². The number of carbonyl (C=O) groups is 3. The number of benzene rings is 1. The quantitative estimate of drug-likeness (QED) is 0.0346. The number of piperazine rings is 3. The van der Waals surface area contributed by atoms with Crippen LogP contribution in [0, 0.1) is 24.2 Å². The summed E-state index contributed by atoms with van der Waals surface area (Å²) in [5, 5.41) is 3.21. The predicted octanol–water partition coefficient (Wildman–Crippen LogP) is 12.1. The van der Waals surface area contributed by atoms with Crippen molar-refractivity contribution in [2.45, 2.75) is 175 Å². The van der Waals surface area contributed by atoms with Gasteiger partial charge in [-0.05, 0) is 111 Å². The van der Waals surface area contributed by atoms with Crippen LogP contribution in [-0.2, 0) is 14.3 Å². The molecule has 1 N–H and O–H groups in total. The molecule has 1 saturated carbocycles. The highest BCUT2D eigenvalue weighted by Crippen LogP contribution is 2.45. The molecular formula is C63H98N7O6+. The van der Waals surface area contributed by atoms with E-state index < -0.39 is 0 Å². The van der Waals surface area contributed by atoms with E-state index in [9.17, 15) is 9.59 Å². The third-order valence-electron chi connectivity index (χ3n) is 17.2. The van der Waals surface area contributed by atoms with Gasteiger partial charge in [0.05, 0.1) is 57.6 Å². The number of amides is 2. The molecule has 1 aromatic carbocycles. The van der Waals surface area contributed by atoms with Crippen LogP contribution in [0.25, 0.3) is 0 Å². The van der Waals surface area contributed by atoms with Crippen molar-refractivity contribution in [3.63, 3.8) is 0 Å². The fourth-order valence-corrected chi connectivity index (χ4v) is 12.2. The maximum absolute atomic E-state index is 15.0. The lowest BCUT2D eigenvalue weighted by molar-refractivity contribution is -0.933. The zero-order valence-electron chi connectivity index (χ0n) is 47.8. The van der Waals surface area contributed by atoms with Gasteiger partial charge in [0, 0.05) is 69.8 Å². The predicted molar refractivity (Wildman–Crippen MR) is 306 cm³/mol. The van der Waals surface area contributed by atoms with E-state index >= 15 is 4.79 Å². The minimum Gasteiger partial charge on any atom is -0.497 e. The number of rotatable bonds is 35. The second-order valence-electron chi connectivity index (χ2n) is 24.0. The van der Waals surface area contributed by atoms with E-state index in [1.165, 1.54) is 89.9 Å². The standard InChI is InChI=1S/C63H97N7O6/c1-6-75-61(72)46-56(52-26-27-52)53-30-35-65-60(44-53)76-48-51-31-36-68(37-32-51)57-45-54(74-5)28-29-55(57)62(73)69(58-25-23-24-50(2)66-58)49-63(3,4)33-21-19-17-15-13-11-9-7-8-10-12-14-16-18-20-22-34-64-59(71)47-70-41-38-67(39-42-70)40-43-70/h23-25,28-30,35,44-45,51-52,56H,6-22,26-27,31-34,36-43,46-49H2,1-5H3/p+1/t56-/m0/s1. The molecular weight excluding hydrogens is 951 g/mol. The van der Waals surface area contributed by atoms with E-state index in [1.807, 2.05) is 67.3 Å². The van der Waals surface area contributed by atoms with Gasteiger partial charge in [-0.2, -0.15) is 0 Å². The van der Waals surface area contributed by atoms with Crippen molar-refractivity contribution in [1.29, 1.82) is 0 Å². The van der Waals surface area contributed by atoms with Crippen molar-refractivity contribution in [2.24, 2.45) is 17.3 Å². The number of nitrogens with zero attached hydrogens (tertiary/aromatic N) is 6. The Morgan fingerprint density at radius 3 is 2.03 bits per heavy atom. The van der Waals surface area contributed by atoms with Crippen LogP contribution in [0.5, 0.6) is 11.6 Å². The Labute approximate surface area is 458 Å². The SMILES string of the molecule is CCOC(=O)C[C@H](c1ccnc(OCC2CCN(c3cc(OC)ccc3C(=O)N(CC(C)(C)CCCCCCCCCCCCCCCCCCNC(=O)C[N+]34CCN(CC3)CC4)c3cccc(C)n3)CC2)c1)C1CC1. The lowest BCUT2D eigenvalue weighted by Crippen LogP contribution is -2.69. The first-order chi connectivity index (χ1) is 36.9. The van der Waals surface area contributed by atoms with Gasteiger partial charge < -0.3 is 28.9 Å². The molecule has 6 heterocycles. The molecule has 13 heteroatoms. The van der Waals surface area contributed by atoms with Gasteiger partial charge in [-0.1, -0.05) is 116 Å². The minimum atomic E-state index is -0.146. The highest BCUT2D eigenvalue weighted by atomic mass is 16.5. The number of carbonyl (C=O) groups excluding carboxylic acids is 3. The van der Waals surface area contributed by atoms with Crippen LogP contribution in [0.2, 0.25) is 0 Å². The fourth-order valence-electron chi connectivity index (χ4n) is 12.2. The third-order valence-corrected chi connectivity index (χ3v) is 17.2. The number of ether oxygens (including phenoxy) is 3. The van der Waals surface area contributed by atoms with Crippen LogP contribution in [0.4, 0.5) is 11.5 Å². The molecule has 0 unspecified atom stereocenters. The zero-order valence-corrected chi connectivity index (χ0v) is 47.8. The Morgan fingerprint density at radius 2 is 1.42 bits per heavy atom. The number of fused-ring (bicyclic) bond motifs is 3. The summed E-state index contributed by atoms with van der Waals surface area (Å²) in [5.74, 6) is 3.08. The van der Waals surface area contributed by atoms with Gasteiger partial charge in [0.1, 0.15) is 11.6 Å². The number of unbranched alkanes of at least 4 members (excludes halogenated alkanes) is 15. The Kier molecular flexibility index (Phi) is 23.6. The fraction of sp³-hybridized carbons (Fsp3) is 0.698. The van der Waals surface area contributed by atoms with Crippen molar-refractivity contribution in [3.8, 4) is 11.6 Å². The molecule has 2 amide bonds. The van der Waals surface area contributed by atoms with Crippen molar-refractivity contribution in [1.82, 2.24) is 20.2 Å². The molecule has 4 saturated heterocycles. The molecule has 1 aliphatic carbocycles. The maximum atomic E-state index is 15.0. The molecule has 2 bridgehead atoms. The molecule has 2 aromatic heterocycles. The maximum Gasteiger partial charge on any atom is 0.306 e. The van der Waals surface area contributed by atoms with Gasteiger partial charge in [0.15, 0.2) is 6.54 Å². The smallest absolute Gasteiger partial charge is 0.306 e. The van der Waals surface area contributed by atoms with Crippen LogP contribution in [0.15, 0.2) is 54.7 Å². The van der Waals surface area contributed by atoms with Gasteiger partial charge in [0.2, 0.25) is 5.88 Å². The van der Waals surface area contributed by atoms with E-state index in [0.717, 1.165) is 131 Å². The second-order valence-corrected chi connectivity index (χ2v) is 24.0. The van der Waals surface area contributed by atoms with Crippen LogP contribution >= 0.6 is 0 Å². The molecule has 0 radical (unpaired) electrons. The minimum absolute atomic E-state index is 0.0357. The number of anilines is 2. The Hall–Kier alpha value is -4.75. The zero-order chi connectivity index (χ0) is 53.6. The number of hydrogen-bond acceptors (Lipinski definition) is 10. The molecule has 1 atom stereocenters. The number of esters is 1. The van der Waals surface area contributed by atoms with Gasteiger partial charge in [-0.3, -0.25) is 24.2 Å². The van der Waals surface area contributed by atoms with Crippen LogP contribution in [0.1, 0.15) is 190 Å². The first kappa shape index (κ1) is 58.9. The molecule has 76 heavy (non-hydrogen) atoms. The normalized spacial score (nSPS) is 19.1. The Bertz CT molecular complexity index is 2220. The number of nitrogens with one attached hydrogen (secondary N) is 1. The summed E-state index contributed by atoms with van der Waals surface area (Å²) in [6.07, 6.45) is 28.0. The molecule has 5 aliphatic rings. The van der Waals surface area contributed by atoms with E-state index in [4.69, 9.17) is 19.2 Å². The number of hydrogen-bond donors (Lipinski definition) is 1. The summed E-state index contributed by atoms with van der Waals surface area (Å²) >= 11 is 0. The average molecular weight is 1050 g/mol. The molecule has 0 spiro atoms. The van der Waals surface area contributed by atoms with Gasteiger partial charge >= 0.3 is 5.97 Å². The first-order valence-corrected chi connectivity index (χ1v) is 30.2. The van der Waals surface area contributed by atoms with Crippen molar-refractivity contribution >= 4 is 29.3 Å². The van der Waals surface area contributed by atoms with E-state index in [1.54, 1.807) is 13.3 Å². The number of piperidine rings is 1. The lowest BCUT2D eigenvalue weighted by atomic mass is 9.85. The van der Waals surface area contributed by atoms with Crippen LogP contribution in [-0.4, -0.2) is 129 Å². The monoisotopic (exact) mass is 1050 g/mol. The van der Waals surface area contributed by atoms with Gasteiger partial charge in [-0.15, -0.1) is 0 Å². The summed E-state index contributed by atoms with van der Waals surface area (Å²) in [7, 11) is 1.68. The second kappa shape index (κ2) is 30.4. The largest absolute Gasteiger partial charge is 0.497 e. The number of quaternary nitrogens is 1. The molecule has 13 nitrogen and oxygen atoms in total. The van der Waals surface area contributed by atoms with Gasteiger partial charge in [0.25, 0.3) is 11.8 Å². The summed E-state index contributed by atoms with van der Waals surface area (Å²) < 4.78 is 18.4. The summed E-state index contributed by atoms with van der Waals surface area (Å²) in [6.45, 7) is 20.0. The van der Waals surface area contributed by atoms with E-state index in [-0.39, 0.29) is 29.1 Å². The molecule has 3 aromatic rings. The topological polar surface area (TPSA) is 126 Å². The highest BCUT2D eigenvalue weighted by Gasteiger charge is 2.40. The molecule has 8 rings (SSSR count). The average Bonchev–Trinajstić information content (AvgIpc) is 4.30. The molecule has 5 fully saturated rings. The number of methoxy groups -OCH3 is 1. The van der Waals surface area contributed by atoms with E-state index in [2.05, 4.69) is 33.9 Å². The highest BCUT2D eigenvalue weighted by molar-refractivity contribution is 6.09. The summed E-state index contributed by atoms with van der Waals surface area (Å²) in [4.78, 5) is 56.2.